The van der Waals surface area contributed by atoms with E-state index >= 15 is 0 Å². The number of amides is 1. The van der Waals surface area contributed by atoms with E-state index in [9.17, 15) is 9.59 Å². The van der Waals surface area contributed by atoms with Crippen LogP contribution in [0.15, 0.2) is 36.4 Å². The molecule has 0 unspecified atom stereocenters. The first-order valence-electron chi connectivity index (χ1n) is 6.27. The molecule has 6 nitrogen and oxygen atoms in total. The Bertz CT molecular complexity index is 731. The van der Waals surface area contributed by atoms with Crippen LogP contribution in [0.25, 0.3) is 0 Å². The zero-order chi connectivity index (χ0) is 16.3. The van der Waals surface area contributed by atoms with Crippen molar-refractivity contribution in [2.45, 2.75) is 0 Å². The van der Waals surface area contributed by atoms with E-state index in [2.05, 4.69) is 4.98 Å². The number of pyridine rings is 1. The van der Waals surface area contributed by atoms with E-state index in [1.165, 1.54) is 17.0 Å². The van der Waals surface area contributed by atoms with Crippen LogP contribution in [-0.4, -0.2) is 41.0 Å². The van der Waals surface area contributed by atoms with Crippen molar-refractivity contribution in [3.8, 4) is 11.6 Å². The Morgan fingerprint density at radius 2 is 1.91 bits per heavy atom. The fourth-order valence-electron chi connectivity index (χ4n) is 1.72. The standard InChI is InChI=1S/C15H13ClN2O4/c1-18(2)14(19)9-4-3-5-11(6-9)22-13-8-10(15(20)21)7-12(16)17-13/h3-8H,1-2H3,(H,20,21). The number of aromatic carboxylic acids is 1. The Hall–Kier alpha value is -2.60. The molecule has 114 valence electrons. The summed E-state index contributed by atoms with van der Waals surface area (Å²) in [7, 11) is 3.29. The van der Waals surface area contributed by atoms with Crippen molar-refractivity contribution < 1.29 is 19.4 Å². The van der Waals surface area contributed by atoms with Crippen LogP contribution in [-0.2, 0) is 0 Å². The highest BCUT2D eigenvalue weighted by molar-refractivity contribution is 6.29. The zero-order valence-corrected chi connectivity index (χ0v) is 12.7. The molecule has 1 N–H and O–H groups in total. The van der Waals surface area contributed by atoms with Gasteiger partial charge in [0.15, 0.2) is 0 Å². The first-order valence-corrected chi connectivity index (χ1v) is 6.65. The highest BCUT2D eigenvalue weighted by Crippen LogP contribution is 2.24. The summed E-state index contributed by atoms with van der Waals surface area (Å²) in [5.74, 6) is -0.903. The minimum absolute atomic E-state index is 0.00965. The van der Waals surface area contributed by atoms with Gasteiger partial charge in [-0.05, 0) is 24.3 Å². The Kier molecular flexibility index (Phi) is 4.62. The molecule has 0 bridgehead atoms. The molecule has 1 aromatic heterocycles. The van der Waals surface area contributed by atoms with Gasteiger partial charge in [-0.2, -0.15) is 0 Å². The largest absolute Gasteiger partial charge is 0.478 e. The molecule has 1 heterocycles. The molecule has 0 fully saturated rings. The van der Waals surface area contributed by atoms with E-state index in [4.69, 9.17) is 21.4 Å². The molecule has 7 heteroatoms. The molecule has 2 rings (SSSR count). The SMILES string of the molecule is CN(C)C(=O)c1cccc(Oc2cc(C(=O)O)cc(Cl)n2)c1. The van der Waals surface area contributed by atoms with Gasteiger partial charge in [0.25, 0.3) is 5.91 Å². The number of carbonyl (C=O) groups excluding carboxylic acids is 1. The average Bonchev–Trinajstić information content (AvgIpc) is 2.46. The van der Waals surface area contributed by atoms with Gasteiger partial charge in [-0.15, -0.1) is 0 Å². The van der Waals surface area contributed by atoms with Gasteiger partial charge in [0.1, 0.15) is 10.9 Å². The molecule has 22 heavy (non-hydrogen) atoms. The first-order chi connectivity index (χ1) is 10.4. The molecule has 0 spiro atoms. The summed E-state index contributed by atoms with van der Waals surface area (Å²) in [4.78, 5) is 28.2. The van der Waals surface area contributed by atoms with Crippen LogP contribution < -0.4 is 4.74 Å². The maximum atomic E-state index is 11.9. The predicted octanol–water partition coefficient (Wildman–Crippen LogP) is 2.93. The summed E-state index contributed by atoms with van der Waals surface area (Å²) in [6.45, 7) is 0. The molecular formula is C15H13ClN2O4. The molecular weight excluding hydrogens is 308 g/mol. The van der Waals surface area contributed by atoms with Crippen molar-refractivity contribution in [3.05, 3.63) is 52.7 Å². The van der Waals surface area contributed by atoms with Crippen LogP contribution in [0, 0.1) is 0 Å². The van der Waals surface area contributed by atoms with Crippen molar-refractivity contribution in [1.29, 1.82) is 0 Å². The van der Waals surface area contributed by atoms with Crippen LogP contribution in [0.1, 0.15) is 20.7 Å². The third-order valence-electron chi connectivity index (χ3n) is 2.73. The van der Waals surface area contributed by atoms with Gasteiger partial charge in [0.05, 0.1) is 5.56 Å². The van der Waals surface area contributed by atoms with E-state index in [0.29, 0.717) is 11.3 Å². The van der Waals surface area contributed by atoms with E-state index in [-0.39, 0.29) is 22.5 Å². The summed E-state index contributed by atoms with van der Waals surface area (Å²) in [5, 5.41) is 9.00. The summed E-state index contributed by atoms with van der Waals surface area (Å²) in [6.07, 6.45) is 0. The number of aromatic nitrogens is 1. The molecule has 0 saturated carbocycles. The molecule has 2 aromatic rings. The summed E-state index contributed by atoms with van der Waals surface area (Å²) in [5.41, 5.74) is 0.415. The smallest absolute Gasteiger partial charge is 0.335 e. The maximum absolute atomic E-state index is 11.9. The van der Waals surface area contributed by atoms with E-state index < -0.39 is 5.97 Å². The fourth-order valence-corrected chi connectivity index (χ4v) is 1.92. The van der Waals surface area contributed by atoms with Crippen molar-refractivity contribution in [2.75, 3.05) is 14.1 Å². The third-order valence-corrected chi connectivity index (χ3v) is 2.92. The maximum Gasteiger partial charge on any atom is 0.335 e. The fraction of sp³-hybridized carbons (Fsp3) is 0.133. The van der Waals surface area contributed by atoms with Gasteiger partial charge in [0, 0.05) is 25.7 Å². The van der Waals surface area contributed by atoms with E-state index in [0.717, 1.165) is 0 Å². The number of ether oxygens (including phenoxy) is 1. The molecule has 0 aliphatic carbocycles. The highest BCUT2D eigenvalue weighted by Gasteiger charge is 2.11. The van der Waals surface area contributed by atoms with Crippen LogP contribution in [0.4, 0.5) is 0 Å². The molecule has 0 aliphatic rings. The second-order valence-electron chi connectivity index (χ2n) is 4.65. The highest BCUT2D eigenvalue weighted by atomic mass is 35.5. The topological polar surface area (TPSA) is 79.7 Å². The first kappa shape index (κ1) is 15.8. The van der Waals surface area contributed by atoms with Gasteiger partial charge in [0.2, 0.25) is 5.88 Å². The predicted molar refractivity (Wildman–Crippen MR) is 80.7 cm³/mol. The van der Waals surface area contributed by atoms with E-state index in [1.54, 1.807) is 38.4 Å². The third kappa shape index (κ3) is 3.73. The molecule has 0 saturated heterocycles. The summed E-state index contributed by atoms with van der Waals surface area (Å²) >= 11 is 5.77. The molecule has 1 aromatic carbocycles. The Balaban J connectivity index is 2.30. The number of carboxylic acids is 1. The zero-order valence-electron chi connectivity index (χ0n) is 11.9. The van der Waals surface area contributed by atoms with Gasteiger partial charge in [-0.3, -0.25) is 4.79 Å². The monoisotopic (exact) mass is 320 g/mol. The van der Waals surface area contributed by atoms with Crippen LogP contribution in [0.3, 0.4) is 0 Å². The lowest BCUT2D eigenvalue weighted by Crippen LogP contribution is -2.21. The Labute approximate surface area is 131 Å². The number of hydrogen-bond donors (Lipinski definition) is 1. The lowest BCUT2D eigenvalue weighted by atomic mass is 10.2. The number of halogens is 1. The Morgan fingerprint density at radius 3 is 2.55 bits per heavy atom. The molecule has 0 aliphatic heterocycles. The lowest BCUT2D eigenvalue weighted by molar-refractivity contribution is 0.0696. The quantitative estimate of drug-likeness (QED) is 0.876. The minimum Gasteiger partial charge on any atom is -0.478 e. The van der Waals surface area contributed by atoms with Gasteiger partial charge >= 0.3 is 5.97 Å². The number of carbonyl (C=O) groups is 2. The number of rotatable bonds is 4. The van der Waals surface area contributed by atoms with Crippen LogP contribution >= 0.6 is 11.6 Å². The normalized spacial score (nSPS) is 10.1. The molecule has 0 atom stereocenters. The summed E-state index contributed by atoms with van der Waals surface area (Å²) < 4.78 is 5.49. The van der Waals surface area contributed by atoms with Crippen molar-refractivity contribution in [3.63, 3.8) is 0 Å². The number of benzene rings is 1. The van der Waals surface area contributed by atoms with Gasteiger partial charge in [-0.1, -0.05) is 17.7 Å². The van der Waals surface area contributed by atoms with Crippen LogP contribution in [0.5, 0.6) is 11.6 Å². The van der Waals surface area contributed by atoms with Crippen molar-refractivity contribution in [2.24, 2.45) is 0 Å². The van der Waals surface area contributed by atoms with Crippen LogP contribution in [0.2, 0.25) is 5.15 Å². The van der Waals surface area contributed by atoms with Gasteiger partial charge < -0.3 is 14.7 Å². The lowest BCUT2D eigenvalue weighted by Gasteiger charge is -2.11. The summed E-state index contributed by atoms with van der Waals surface area (Å²) in [6, 6.07) is 8.98. The number of carboxylic acid groups (broad SMARTS) is 1. The molecule has 0 radical (unpaired) electrons. The van der Waals surface area contributed by atoms with Gasteiger partial charge in [-0.25, -0.2) is 9.78 Å². The average molecular weight is 321 g/mol. The second kappa shape index (κ2) is 6.44. The van der Waals surface area contributed by atoms with E-state index in [1.807, 2.05) is 0 Å². The Morgan fingerprint density at radius 1 is 1.18 bits per heavy atom. The molecule has 1 amide bonds. The second-order valence-corrected chi connectivity index (χ2v) is 5.04. The van der Waals surface area contributed by atoms with Crippen molar-refractivity contribution in [1.82, 2.24) is 9.88 Å². The minimum atomic E-state index is -1.13. The number of hydrogen-bond acceptors (Lipinski definition) is 4. The van der Waals surface area contributed by atoms with Crippen molar-refractivity contribution >= 4 is 23.5 Å². The number of nitrogens with zero attached hydrogens (tertiary/aromatic N) is 2.